The first-order valence-electron chi connectivity index (χ1n) is 15.1. The summed E-state index contributed by atoms with van der Waals surface area (Å²) in [7, 11) is 2.00. The van der Waals surface area contributed by atoms with Crippen molar-refractivity contribution in [2.24, 2.45) is 0 Å². The Morgan fingerprint density at radius 3 is 2.05 bits per heavy atom. The van der Waals surface area contributed by atoms with Crippen LogP contribution in [-0.4, -0.2) is 112 Å². The Hall–Kier alpha value is -1.16. The molecule has 0 spiro atoms. The molecule has 4 rings (SSSR count). The summed E-state index contributed by atoms with van der Waals surface area (Å²) in [4.78, 5) is 6.29. The van der Waals surface area contributed by atoms with Gasteiger partial charge in [0, 0.05) is 32.7 Å². The third kappa shape index (κ3) is 14.9. The summed E-state index contributed by atoms with van der Waals surface area (Å²) in [6.45, 7) is 20.1. The molecule has 3 aliphatic rings. The Morgan fingerprint density at radius 2 is 1.51 bits per heavy atom. The van der Waals surface area contributed by atoms with E-state index in [1.165, 1.54) is 31.4 Å². The average Bonchev–Trinajstić information content (AvgIpc) is 3.51. The fourth-order valence-electron chi connectivity index (χ4n) is 4.45. The number of ether oxygens (including phenoxy) is 3. The lowest BCUT2D eigenvalue weighted by atomic mass is 10.2. The third-order valence-electron chi connectivity index (χ3n) is 6.61. The third-order valence-corrected chi connectivity index (χ3v) is 6.61. The Balaban J connectivity index is 0.000000328. The Labute approximate surface area is 238 Å². The van der Waals surface area contributed by atoms with Crippen molar-refractivity contribution in [2.45, 2.75) is 91.6 Å². The van der Waals surface area contributed by atoms with E-state index in [4.69, 9.17) is 14.2 Å². The smallest absolute Gasteiger partial charge is 0.287 e. The van der Waals surface area contributed by atoms with Crippen LogP contribution in [0.2, 0.25) is 0 Å². The minimum absolute atomic E-state index is 0.0878. The van der Waals surface area contributed by atoms with E-state index < -0.39 is 12.0 Å². The Morgan fingerprint density at radius 1 is 0.872 bits per heavy atom. The Kier molecular flexibility index (Phi) is 19.0. The SMILES string of the molecule is CCC.CCC.CCN1CC(OCC2CN(C)CCO2)C(F)(F)C1.CCN1CCC(OCc2ccccc2)C1. The van der Waals surface area contributed by atoms with E-state index in [0.717, 1.165) is 32.8 Å². The van der Waals surface area contributed by atoms with Crippen LogP contribution in [0.1, 0.15) is 66.4 Å². The second kappa shape index (κ2) is 20.7. The number of hydrogen-bond donors (Lipinski definition) is 0. The number of alkyl halides is 2. The molecule has 8 heteroatoms. The largest absolute Gasteiger partial charge is 0.373 e. The van der Waals surface area contributed by atoms with E-state index >= 15 is 0 Å². The highest BCUT2D eigenvalue weighted by Crippen LogP contribution is 2.30. The molecule has 0 aliphatic carbocycles. The molecule has 1 aromatic rings. The van der Waals surface area contributed by atoms with Crippen molar-refractivity contribution in [1.29, 1.82) is 0 Å². The number of likely N-dealkylation sites (tertiary alicyclic amines) is 2. The highest BCUT2D eigenvalue weighted by atomic mass is 19.3. The number of benzene rings is 1. The first kappa shape index (κ1) is 35.9. The van der Waals surface area contributed by atoms with Crippen LogP contribution in [-0.2, 0) is 20.8 Å². The fourth-order valence-corrected chi connectivity index (χ4v) is 4.45. The molecule has 3 heterocycles. The molecule has 3 saturated heterocycles. The molecule has 0 aromatic heterocycles. The van der Waals surface area contributed by atoms with Gasteiger partial charge in [-0.25, -0.2) is 8.78 Å². The molecule has 228 valence electrons. The highest BCUT2D eigenvalue weighted by molar-refractivity contribution is 5.13. The number of morpholine rings is 1. The van der Waals surface area contributed by atoms with Crippen molar-refractivity contribution in [2.75, 3.05) is 72.6 Å². The van der Waals surface area contributed by atoms with Crippen LogP contribution in [0.25, 0.3) is 0 Å². The molecule has 0 N–H and O–H groups in total. The lowest BCUT2D eigenvalue weighted by Gasteiger charge is -2.31. The maximum absolute atomic E-state index is 13.7. The van der Waals surface area contributed by atoms with Crippen molar-refractivity contribution >= 4 is 0 Å². The van der Waals surface area contributed by atoms with Gasteiger partial charge in [-0.1, -0.05) is 84.7 Å². The van der Waals surface area contributed by atoms with Gasteiger partial charge in [-0.05, 0) is 32.1 Å². The predicted octanol–water partition coefficient (Wildman–Crippen LogP) is 5.80. The van der Waals surface area contributed by atoms with Crippen molar-refractivity contribution in [1.82, 2.24) is 14.7 Å². The molecule has 39 heavy (non-hydrogen) atoms. The molecule has 0 radical (unpaired) electrons. The highest BCUT2D eigenvalue weighted by Gasteiger charge is 2.48. The van der Waals surface area contributed by atoms with Gasteiger partial charge >= 0.3 is 0 Å². The molecule has 6 nitrogen and oxygen atoms in total. The fraction of sp³-hybridized carbons (Fsp3) is 0.806. The van der Waals surface area contributed by atoms with Gasteiger partial charge in [0.1, 0.15) is 6.10 Å². The second-order valence-electron chi connectivity index (χ2n) is 10.7. The van der Waals surface area contributed by atoms with Gasteiger partial charge < -0.3 is 24.0 Å². The summed E-state index contributed by atoms with van der Waals surface area (Å²) in [5.74, 6) is -2.74. The zero-order valence-corrected chi connectivity index (χ0v) is 25.8. The van der Waals surface area contributed by atoms with E-state index in [1.807, 2.05) is 20.0 Å². The zero-order chi connectivity index (χ0) is 29.1. The number of likely N-dealkylation sites (N-methyl/N-ethyl adjacent to an activating group) is 3. The van der Waals surface area contributed by atoms with Crippen molar-refractivity contribution in [3.8, 4) is 0 Å². The van der Waals surface area contributed by atoms with Gasteiger partial charge in [0.05, 0.1) is 38.6 Å². The molecule has 0 saturated carbocycles. The van der Waals surface area contributed by atoms with E-state index in [-0.39, 0.29) is 19.3 Å². The van der Waals surface area contributed by atoms with Gasteiger partial charge in [-0.2, -0.15) is 0 Å². The van der Waals surface area contributed by atoms with Crippen LogP contribution in [0.15, 0.2) is 30.3 Å². The first-order valence-corrected chi connectivity index (χ1v) is 15.1. The van der Waals surface area contributed by atoms with Crippen molar-refractivity contribution in [3.63, 3.8) is 0 Å². The molecule has 3 fully saturated rings. The summed E-state index contributed by atoms with van der Waals surface area (Å²) < 4.78 is 44.1. The lowest BCUT2D eigenvalue weighted by Crippen LogP contribution is -2.44. The number of halogens is 2. The number of rotatable bonds is 8. The van der Waals surface area contributed by atoms with E-state index in [2.05, 4.69) is 68.7 Å². The molecular weight excluding hydrogens is 500 g/mol. The minimum atomic E-state index is -2.74. The van der Waals surface area contributed by atoms with Gasteiger partial charge in [0.15, 0.2) is 0 Å². The molecule has 3 aliphatic heterocycles. The standard InChI is InChI=1S/C13H19NO.C12H22F2N2O2.2C3H8/c1-2-14-9-8-13(10-14)15-11-12-6-4-3-5-7-12;1-3-16-7-11(12(13,14)9-16)18-8-10-6-15(2)4-5-17-10;2*1-3-2/h3-7,13H,2,8-11H2,1H3;10-11H,3-9H2,1-2H3;2*3H2,1-2H3. The maximum Gasteiger partial charge on any atom is 0.287 e. The van der Waals surface area contributed by atoms with Gasteiger partial charge in [-0.3, -0.25) is 4.90 Å². The summed E-state index contributed by atoms with van der Waals surface area (Å²) in [6.07, 6.45) is 3.04. The van der Waals surface area contributed by atoms with Crippen LogP contribution < -0.4 is 0 Å². The number of hydrogen-bond acceptors (Lipinski definition) is 6. The summed E-state index contributed by atoms with van der Waals surface area (Å²) in [6, 6.07) is 10.4. The van der Waals surface area contributed by atoms with Crippen LogP contribution in [0.4, 0.5) is 8.78 Å². The van der Waals surface area contributed by atoms with Crippen molar-refractivity contribution < 1.29 is 23.0 Å². The monoisotopic (exact) mass is 557 g/mol. The van der Waals surface area contributed by atoms with Crippen molar-refractivity contribution in [3.05, 3.63) is 35.9 Å². The minimum Gasteiger partial charge on any atom is -0.373 e. The van der Waals surface area contributed by atoms with Gasteiger partial charge in [0.2, 0.25) is 0 Å². The van der Waals surface area contributed by atoms with E-state index in [9.17, 15) is 8.78 Å². The maximum atomic E-state index is 13.7. The summed E-state index contributed by atoms with van der Waals surface area (Å²) in [5.41, 5.74) is 1.27. The van der Waals surface area contributed by atoms with Gasteiger partial charge in [0.25, 0.3) is 5.92 Å². The van der Waals surface area contributed by atoms with Crippen LogP contribution in [0.3, 0.4) is 0 Å². The summed E-state index contributed by atoms with van der Waals surface area (Å²) >= 11 is 0. The summed E-state index contributed by atoms with van der Waals surface area (Å²) in [5, 5.41) is 0. The molecule has 3 unspecified atom stereocenters. The predicted molar refractivity (Wildman–Crippen MR) is 158 cm³/mol. The van der Waals surface area contributed by atoms with Crippen LogP contribution >= 0.6 is 0 Å². The second-order valence-corrected chi connectivity index (χ2v) is 10.7. The van der Waals surface area contributed by atoms with E-state index in [0.29, 0.717) is 25.8 Å². The van der Waals surface area contributed by atoms with Crippen LogP contribution in [0.5, 0.6) is 0 Å². The Bertz CT molecular complexity index is 712. The first-order chi connectivity index (χ1) is 18.7. The molecule has 1 aromatic carbocycles. The average molecular weight is 558 g/mol. The van der Waals surface area contributed by atoms with Gasteiger partial charge in [-0.15, -0.1) is 0 Å². The topological polar surface area (TPSA) is 37.4 Å². The lowest BCUT2D eigenvalue weighted by molar-refractivity contribution is -0.136. The zero-order valence-electron chi connectivity index (χ0n) is 25.8. The van der Waals surface area contributed by atoms with E-state index in [1.54, 1.807) is 4.90 Å². The molecular formula is C31H57F2N3O3. The quantitative estimate of drug-likeness (QED) is 0.402. The molecule has 3 atom stereocenters. The molecule has 0 amide bonds. The molecule has 0 bridgehead atoms. The normalized spacial score (nSPS) is 25.1. The number of nitrogens with zero attached hydrogens (tertiary/aromatic N) is 3. The van der Waals surface area contributed by atoms with Crippen LogP contribution in [0, 0.1) is 0 Å².